The van der Waals surface area contributed by atoms with Crippen LogP contribution in [0.2, 0.25) is 0 Å². The van der Waals surface area contributed by atoms with Gasteiger partial charge in [-0.25, -0.2) is 0 Å². The van der Waals surface area contributed by atoms with Crippen molar-refractivity contribution in [2.45, 2.75) is 8.91 Å². The van der Waals surface area contributed by atoms with Gasteiger partial charge in [0.15, 0.2) is 0 Å². The molecule has 0 aromatic rings. The monoisotopic (exact) mass is 293 g/mol. The predicted octanol–water partition coefficient (Wildman–Crippen LogP) is 2.40. The van der Waals surface area contributed by atoms with Crippen LogP contribution in [0.3, 0.4) is 0 Å². The van der Waals surface area contributed by atoms with Crippen LogP contribution in [0.5, 0.6) is 0 Å². The van der Waals surface area contributed by atoms with E-state index in [9.17, 15) is 0 Å². The summed E-state index contributed by atoms with van der Waals surface area (Å²) in [6, 6.07) is 0. The van der Waals surface area contributed by atoms with Gasteiger partial charge >= 0.3 is 0 Å². The average molecular weight is 295 g/mol. The van der Waals surface area contributed by atoms with Crippen LogP contribution >= 0.6 is 58.2 Å². The van der Waals surface area contributed by atoms with E-state index in [4.69, 9.17) is 58.2 Å². The molecule has 0 bridgehead atoms. The van der Waals surface area contributed by atoms with Gasteiger partial charge in [-0.1, -0.05) is 46.4 Å². The van der Waals surface area contributed by atoms with Crippen molar-refractivity contribution in [3.05, 3.63) is 12.4 Å². The maximum absolute atomic E-state index is 5.70. The summed E-state index contributed by atoms with van der Waals surface area (Å²) < 4.78 is -2.13. The van der Waals surface area contributed by atoms with Crippen LogP contribution in [-0.4, -0.2) is 64.7 Å². The summed E-state index contributed by atoms with van der Waals surface area (Å²) in [5, 5.41) is 2.54. The molecule has 0 amide bonds. The van der Waals surface area contributed by atoms with Crippen molar-refractivity contribution < 1.29 is 0 Å². The van der Waals surface area contributed by atoms with E-state index in [-0.39, 0.29) is 51.4 Å². The minimum absolute atomic E-state index is 0. The molecule has 0 spiro atoms. The molecule has 8 heteroatoms. The summed E-state index contributed by atoms with van der Waals surface area (Å²) in [5.41, 5.74) is 0. The third kappa shape index (κ3) is 2.72. The van der Waals surface area contributed by atoms with Crippen LogP contribution in [0.15, 0.2) is 12.4 Å². The number of hydrogen-bond donors (Lipinski definition) is 1. The fourth-order valence-corrected chi connectivity index (χ4v) is 1.32. The second kappa shape index (κ2) is 4.97. The summed E-state index contributed by atoms with van der Waals surface area (Å²) in [5.74, 6) is 0. The Labute approximate surface area is 138 Å². The van der Waals surface area contributed by atoms with Gasteiger partial charge < -0.3 is 5.32 Å². The minimum Gasteiger partial charge on any atom is -0.355 e. The molecule has 1 rings (SSSR count). The molecule has 0 aromatic carbocycles. The number of nitrogens with zero attached hydrogens (tertiary/aromatic N) is 1. The largest absolute Gasteiger partial charge is 0.355 e. The second-order valence-corrected chi connectivity index (χ2v) is 4.87. The molecule has 1 radical (unpaired) electrons. The van der Waals surface area contributed by atoms with Crippen molar-refractivity contribution in [2.75, 3.05) is 0 Å². The van der Waals surface area contributed by atoms with Gasteiger partial charge in [-0.05, 0) is 0 Å². The Bertz CT molecular complexity index is 194. The molecule has 0 aromatic heterocycles. The van der Waals surface area contributed by atoms with Crippen LogP contribution in [0.25, 0.3) is 0 Å². The molecule has 0 atom stereocenters. The molecule has 12 heavy (non-hydrogen) atoms. The van der Waals surface area contributed by atoms with Gasteiger partial charge in [0.05, 0.1) is 0 Å². The minimum atomic E-state index is -1.59. The molecule has 0 fully saturated rings. The number of alkyl halides is 4. The molecular weight excluding hydrogens is 292 g/mol. The molecule has 0 aliphatic carbocycles. The van der Waals surface area contributed by atoms with Crippen molar-refractivity contribution in [1.29, 1.82) is 0 Å². The summed E-state index contributed by atoms with van der Waals surface area (Å²) in [4.78, 5) is 0. The third-order valence-electron chi connectivity index (χ3n) is 1.12. The topological polar surface area (TPSA) is 15.3 Å². The SMILES string of the molecule is ClN1C=CNC(Cl)(Cl)C1(Cl)Cl.[K]. The molecule has 0 saturated carbocycles. The van der Waals surface area contributed by atoms with Crippen molar-refractivity contribution in [3.8, 4) is 0 Å². The predicted molar refractivity (Wildman–Crippen MR) is 54.6 cm³/mol. The van der Waals surface area contributed by atoms with Gasteiger partial charge in [0.25, 0.3) is 4.46 Å². The van der Waals surface area contributed by atoms with Gasteiger partial charge in [0.2, 0.25) is 4.46 Å². The van der Waals surface area contributed by atoms with Crippen molar-refractivity contribution in [2.24, 2.45) is 0 Å². The normalized spacial score (nSPS) is 24.2. The Morgan fingerprint density at radius 3 is 2.00 bits per heavy atom. The first kappa shape index (κ1) is 14.4. The Balaban J connectivity index is 0.00000121. The Morgan fingerprint density at radius 2 is 1.67 bits per heavy atom. The molecule has 65 valence electrons. The van der Waals surface area contributed by atoms with Crippen LogP contribution in [0.4, 0.5) is 0 Å². The molecule has 1 aliphatic heterocycles. The number of hydrogen-bond acceptors (Lipinski definition) is 2. The summed E-state index contributed by atoms with van der Waals surface area (Å²) in [7, 11) is 0. The summed E-state index contributed by atoms with van der Waals surface area (Å²) >= 11 is 28.3. The quantitative estimate of drug-likeness (QED) is 0.319. The first-order valence-corrected chi connectivity index (χ1v) is 4.38. The van der Waals surface area contributed by atoms with E-state index in [1.807, 2.05) is 0 Å². The van der Waals surface area contributed by atoms with Crippen molar-refractivity contribution in [3.63, 3.8) is 0 Å². The van der Waals surface area contributed by atoms with Crippen LogP contribution < -0.4 is 5.32 Å². The van der Waals surface area contributed by atoms with Crippen molar-refractivity contribution in [1.82, 2.24) is 9.74 Å². The standard InChI is InChI=1S/C4H3Cl5N2.K/c5-3(6)4(7,8)11(9)2-1-10-3;/h1-2,10H;. The Kier molecular flexibility index (Phi) is 5.97. The average Bonchev–Trinajstić information content (AvgIpc) is 1.84. The van der Waals surface area contributed by atoms with E-state index < -0.39 is 8.91 Å². The molecule has 1 heterocycles. The van der Waals surface area contributed by atoms with E-state index in [0.717, 1.165) is 4.42 Å². The zero-order valence-corrected chi connectivity index (χ0v) is 12.9. The maximum atomic E-state index is 5.70. The third-order valence-corrected chi connectivity index (χ3v) is 3.74. The first-order chi connectivity index (χ1) is 4.88. The van der Waals surface area contributed by atoms with Gasteiger partial charge in [0, 0.05) is 75.6 Å². The fraction of sp³-hybridized carbons (Fsp3) is 0.500. The van der Waals surface area contributed by atoms with E-state index in [0.29, 0.717) is 0 Å². The number of halogens is 5. The summed E-state index contributed by atoms with van der Waals surface area (Å²) in [6.07, 6.45) is 2.85. The second-order valence-electron chi connectivity index (χ2n) is 1.89. The zero-order valence-electron chi connectivity index (χ0n) is 5.99. The smallest absolute Gasteiger partial charge is 0.255 e. The Hall–Kier alpha value is 2.43. The molecule has 1 aliphatic rings. The van der Waals surface area contributed by atoms with E-state index in [1.54, 1.807) is 0 Å². The van der Waals surface area contributed by atoms with Gasteiger partial charge in [-0.2, -0.15) is 0 Å². The van der Waals surface area contributed by atoms with Gasteiger partial charge in [-0.15, -0.1) is 0 Å². The maximum Gasteiger partial charge on any atom is 0.255 e. The first-order valence-electron chi connectivity index (χ1n) is 2.53. The van der Waals surface area contributed by atoms with Crippen LogP contribution in [0, 0.1) is 0 Å². The van der Waals surface area contributed by atoms with E-state index >= 15 is 0 Å². The zero-order chi connectivity index (χ0) is 8.70. The van der Waals surface area contributed by atoms with Crippen LogP contribution in [0.1, 0.15) is 0 Å². The van der Waals surface area contributed by atoms with Gasteiger partial charge in [0.1, 0.15) is 0 Å². The number of nitrogens with one attached hydrogen (secondary N) is 1. The molecule has 0 unspecified atom stereocenters. The van der Waals surface area contributed by atoms with Gasteiger partial charge in [-0.3, -0.25) is 4.42 Å². The summed E-state index contributed by atoms with van der Waals surface area (Å²) in [6.45, 7) is 0. The van der Waals surface area contributed by atoms with Crippen LogP contribution in [-0.2, 0) is 0 Å². The molecule has 2 nitrogen and oxygen atoms in total. The molecule has 1 N–H and O–H groups in total. The molecule has 0 saturated heterocycles. The van der Waals surface area contributed by atoms with Crippen molar-refractivity contribution >= 4 is 110 Å². The fourth-order valence-electron chi connectivity index (χ4n) is 0.522. The van der Waals surface area contributed by atoms with E-state index in [2.05, 4.69) is 5.32 Å². The molecular formula is C4H3Cl5KN2. The van der Waals surface area contributed by atoms with E-state index in [1.165, 1.54) is 12.4 Å². The Morgan fingerprint density at radius 1 is 1.17 bits per heavy atom. The number of rotatable bonds is 0.